The lowest BCUT2D eigenvalue weighted by molar-refractivity contribution is -0.139. The molecule has 1 aromatic rings. The van der Waals surface area contributed by atoms with Crippen molar-refractivity contribution in [2.45, 2.75) is 38.6 Å². The summed E-state index contributed by atoms with van der Waals surface area (Å²) in [5, 5.41) is 6.25. The van der Waals surface area contributed by atoms with E-state index in [0.717, 1.165) is 16.7 Å². The Kier molecular flexibility index (Phi) is 3.99. The molecule has 0 radical (unpaired) electrons. The lowest BCUT2D eigenvalue weighted by atomic mass is 10.2. The van der Waals surface area contributed by atoms with Crippen LogP contribution in [0.3, 0.4) is 0 Å². The van der Waals surface area contributed by atoms with Crippen LogP contribution in [-0.2, 0) is 16.0 Å². The number of rotatable bonds is 6. The van der Waals surface area contributed by atoms with E-state index in [1.165, 1.54) is 26.4 Å². The number of hydrogen-bond donors (Lipinski definition) is 1. The topological polar surface area (TPSA) is 51.2 Å². The van der Waals surface area contributed by atoms with Crippen LogP contribution >= 0.6 is 11.3 Å². The van der Waals surface area contributed by atoms with E-state index in [4.69, 9.17) is 0 Å². The molecule has 0 aliphatic heterocycles. The van der Waals surface area contributed by atoms with Gasteiger partial charge in [-0.3, -0.25) is 4.79 Å². The standard InChI is InChI=1S/C12H18N2O2S/c1-3-4-8-5-10(8)14-12-13-9(7-17-12)6-11(15)16-2/h7-8,10H,3-6H2,1-2H3,(H,13,14). The molecule has 0 amide bonds. The van der Waals surface area contributed by atoms with Gasteiger partial charge in [0.05, 0.1) is 19.2 Å². The number of nitrogens with one attached hydrogen (secondary N) is 1. The molecule has 94 valence electrons. The van der Waals surface area contributed by atoms with E-state index < -0.39 is 0 Å². The van der Waals surface area contributed by atoms with Gasteiger partial charge in [0.25, 0.3) is 0 Å². The molecule has 0 saturated heterocycles. The van der Waals surface area contributed by atoms with Crippen molar-refractivity contribution in [2.75, 3.05) is 12.4 Å². The van der Waals surface area contributed by atoms with Crippen LogP contribution in [0.25, 0.3) is 0 Å². The number of carbonyl (C=O) groups excluding carboxylic acids is 1. The molecular weight excluding hydrogens is 236 g/mol. The largest absolute Gasteiger partial charge is 0.469 e. The molecule has 2 unspecified atom stereocenters. The Balaban J connectivity index is 1.81. The molecule has 1 aromatic heterocycles. The highest BCUT2D eigenvalue weighted by Gasteiger charge is 2.36. The summed E-state index contributed by atoms with van der Waals surface area (Å²) in [5.41, 5.74) is 0.789. The summed E-state index contributed by atoms with van der Waals surface area (Å²) in [6.45, 7) is 2.22. The van der Waals surface area contributed by atoms with Crippen molar-refractivity contribution in [1.82, 2.24) is 4.98 Å². The lowest BCUT2D eigenvalue weighted by Gasteiger charge is -2.00. The summed E-state index contributed by atoms with van der Waals surface area (Å²) < 4.78 is 4.61. The fourth-order valence-electron chi connectivity index (χ4n) is 1.95. The van der Waals surface area contributed by atoms with E-state index in [0.29, 0.717) is 6.04 Å². The third kappa shape index (κ3) is 3.43. The maximum absolute atomic E-state index is 11.1. The van der Waals surface area contributed by atoms with Crippen molar-refractivity contribution in [3.05, 3.63) is 11.1 Å². The van der Waals surface area contributed by atoms with Gasteiger partial charge in [-0.25, -0.2) is 4.98 Å². The molecular formula is C12H18N2O2S. The molecule has 5 heteroatoms. The first-order chi connectivity index (χ1) is 8.22. The van der Waals surface area contributed by atoms with Gasteiger partial charge in [0.2, 0.25) is 0 Å². The normalized spacial score (nSPS) is 22.2. The molecule has 2 rings (SSSR count). The van der Waals surface area contributed by atoms with Crippen LogP contribution < -0.4 is 5.32 Å². The molecule has 0 bridgehead atoms. The minimum absolute atomic E-state index is 0.239. The molecule has 1 fully saturated rings. The zero-order valence-electron chi connectivity index (χ0n) is 10.2. The Bertz CT molecular complexity index is 392. The van der Waals surface area contributed by atoms with Crippen molar-refractivity contribution in [1.29, 1.82) is 0 Å². The summed E-state index contributed by atoms with van der Waals surface area (Å²) in [7, 11) is 1.40. The molecule has 2 atom stereocenters. The second-order valence-corrected chi connectivity index (χ2v) is 5.29. The molecule has 0 aromatic carbocycles. The van der Waals surface area contributed by atoms with Crippen LogP contribution in [-0.4, -0.2) is 24.1 Å². The number of thiazole rings is 1. The molecule has 4 nitrogen and oxygen atoms in total. The Labute approximate surface area is 105 Å². The zero-order chi connectivity index (χ0) is 12.3. The van der Waals surface area contributed by atoms with Crippen molar-refractivity contribution >= 4 is 22.4 Å². The highest BCUT2D eigenvalue weighted by molar-refractivity contribution is 7.13. The first-order valence-electron chi connectivity index (χ1n) is 6.00. The minimum atomic E-state index is -0.239. The third-order valence-corrected chi connectivity index (χ3v) is 3.82. The van der Waals surface area contributed by atoms with Crippen molar-refractivity contribution in [3.63, 3.8) is 0 Å². The average Bonchev–Trinajstić information content (AvgIpc) is 2.87. The summed E-state index contributed by atoms with van der Waals surface area (Å²) >= 11 is 1.56. The van der Waals surface area contributed by atoms with Crippen molar-refractivity contribution in [3.8, 4) is 0 Å². The van der Waals surface area contributed by atoms with Gasteiger partial charge in [0.15, 0.2) is 5.13 Å². The second kappa shape index (κ2) is 5.49. The average molecular weight is 254 g/mol. The Morgan fingerprint density at radius 1 is 1.71 bits per heavy atom. The number of carbonyl (C=O) groups is 1. The van der Waals surface area contributed by atoms with Crippen molar-refractivity contribution < 1.29 is 9.53 Å². The van der Waals surface area contributed by atoms with Crippen molar-refractivity contribution in [2.24, 2.45) is 5.92 Å². The predicted octanol–water partition coefficient (Wildman–Crippen LogP) is 2.46. The molecule has 0 spiro atoms. The summed E-state index contributed by atoms with van der Waals surface area (Å²) in [5.74, 6) is 0.574. The summed E-state index contributed by atoms with van der Waals surface area (Å²) in [6, 6.07) is 0.590. The van der Waals surface area contributed by atoms with Gasteiger partial charge >= 0.3 is 5.97 Å². The van der Waals surface area contributed by atoms with Gasteiger partial charge in [-0.05, 0) is 18.8 Å². The van der Waals surface area contributed by atoms with E-state index in [9.17, 15) is 4.79 Å². The number of hydrogen-bond acceptors (Lipinski definition) is 5. The van der Waals surface area contributed by atoms with Gasteiger partial charge in [-0.2, -0.15) is 0 Å². The van der Waals surface area contributed by atoms with Crippen LogP contribution in [0.1, 0.15) is 31.9 Å². The zero-order valence-corrected chi connectivity index (χ0v) is 11.0. The number of esters is 1. The third-order valence-electron chi connectivity index (χ3n) is 3.00. The smallest absolute Gasteiger partial charge is 0.311 e. The molecule has 1 aliphatic carbocycles. The molecule has 1 heterocycles. The molecule has 1 aliphatic rings. The molecule has 1 N–H and O–H groups in total. The van der Waals surface area contributed by atoms with Crippen LogP contribution in [0.5, 0.6) is 0 Å². The van der Waals surface area contributed by atoms with Gasteiger partial charge in [-0.1, -0.05) is 13.3 Å². The lowest BCUT2D eigenvalue weighted by Crippen LogP contribution is -2.06. The van der Waals surface area contributed by atoms with Crippen LogP contribution in [0, 0.1) is 5.92 Å². The van der Waals surface area contributed by atoms with Gasteiger partial charge in [0.1, 0.15) is 0 Å². The Morgan fingerprint density at radius 2 is 2.53 bits per heavy atom. The Hall–Kier alpha value is -1.10. The molecule has 17 heavy (non-hydrogen) atoms. The second-order valence-electron chi connectivity index (χ2n) is 4.43. The fourth-order valence-corrected chi connectivity index (χ4v) is 2.72. The number of nitrogens with zero attached hydrogens (tertiary/aromatic N) is 1. The fraction of sp³-hybridized carbons (Fsp3) is 0.667. The summed E-state index contributed by atoms with van der Waals surface area (Å²) in [6.07, 6.45) is 4.05. The highest BCUT2D eigenvalue weighted by Crippen LogP contribution is 2.37. The minimum Gasteiger partial charge on any atom is -0.469 e. The van der Waals surface area contributed by atoms with E-state index in [2.05, 4.69) is 22.0 Å². The summed E-state index contributed by atoms with van der Waals surface area (Å²) in [4.78, 5) is 15.5. The Morgan fingerprint density at radius 3 is 3.24 bits per heavy atom. The van der Waals surface area contributed by atoms with E-state index in [-0.39, 0.29) is 12.4 Å². The van der Waals surface area contributed by atoms with E-state index in [1.807, 2.05) is 5.38 Å². The first-order valence-corrected chi connectivity index (χ1v) is 6.88. The maximum Gasteiger partial charge on any atom is 0.311 e. The number of anilines is 1. The number of methoxy groups -OCH3 is 1. The predicted molar refractivity (Wildman–Crippen MR) is 68.3 cm³/mol. The van der Waals surface area contributed by atoms with Crippen LogP contribution in [0.15, 0.2) is 5.38 Å². The number of ether oxygens (including phenoxy) is 1. The number of aromatic nitrogens is 1. The quantitative estimate of drug-likeness (QED) is 0.792. The monoisotopic (exact) mass is 254 g/mol. The molecule has 1 saturated carbocycles. The van der Waals surface area contributed by atoms with E-state index >= 15 is 0 Å². The van der Waals surface area contributed by atoms with Gasteiger partial charge in [-0.15, -0.1) is 11.3 Å². The SMILES string of the molecule is CCCC1CC1Nc1nc(CC(=O)OC)cs1. The van der Waals surface area contributed by atoms with Crippen LogP contribution in [0.4, 0.5) is 5.13 Å². The van der Waals surface area contributed by atoms with Gasteiger partial charge < -0.3 is 10.1 Å². The maximum atomic E-state index is 11.1. The van der Waals surface area contributed by atoms with Crippen LogP contribution in [0.2, 0.25) is 0 Å². The van der Waals surface area contributed by atoms with Gasteiger partial charge in [0, 0.05) is 11.4 Å². The highest BCUT2D eigenvalue weighted by atomic mass is 32.1. The van der Waals surface area contributed by atoms with E-state index in [1.54, 1.807) is 11.3 Å². The first kappa shape index (κ1) is 12.4.